The summed E-state index contributed by atoms with van der Waals surface area (Å²) in [5.41, 5.74) is 0. The third-order valence-electron chi connectivity index (χ3n) is 2.28. The fourth-order valence-corrected chi connectivity index (χ4v) is 1.53. The molecule has 0 fully saturated rings. The fraction of sp³-hybridized carbons (Fsp3) is 0.667. The van der Waals surface area contributed by atoms with E-state index >= 15 is 0 Å². The molecule has 0 spiro atoms. The molecule has 1 unspecified atom stereocenters. The van der Waals surface area contributed by atoms with Crippen molar-refractivity contribution in [1.82, 2.24) is 0 Å². The summed E-state index contributed by atoms with van der Waals surface area (Å²) in [6, 6.07) is 0. The highest BCUT2D eigenvalue weighted by molar-refractivity contribution is 5.94. The molecule has 90 valence electrons. The van der Waals surface area contributed by atoms with Crippen LogP contribution in [0.3, 0.4) is 0 Å². The highest BCUT2D eigenvalue weighted by Gasteiger charge is 2.09. The summed E-state index contributed by atoms with van der Waals surface area (Å²) in [6.45, 7) is 1.97. The van der Waals surface area contributed by atoms with Gasteiger partial charge in [-0.05, 0) is 26.2 Å². The van der Waals surface area contributed by atoms with Crippen molar-refractivity contribution in [3.8, 4) is 0 Å². The lowest BCUT2D eigenvalue weighted by molar-refractivity contribution is -0.147. The van der Waals surface area contributed by atoms with Crippen LogP contribution in [0, 0.1) is 0 Å². The molecule has 1 aliphatic rings. The summed E-state index contributed by atoms with van der Waals surface area (Å²) < 4.78 is 10.3. The fourth-order valence-electron chi connectivity index (χ4n) is 1.53. The van der Waals surface area contributed by atoms with Crippen LogP contribution in [0.25, 0.3) is 0 Å². The predicted molar refractivity (Wildman–Crippen MR) is 59.0 cm³/mol. The van der Waals surface area contributed by atoms with Gasteiger partial charge in [-0.2, -0.15) is 0 Å². The Morgan fingerprint density at radius 3 is 2.81 bits per heavy atom. The lowest BCUT2D eigenvalue weighted by Gasteiger charge is -2.16. The van der Waals surface area contributed by atoms with Crippen LogP contribution < -0.4 is 0 Å². The molecular formula is C12H18O4. The zero-order valence-corrected chi connectivity index (χ0v) is 9.61. The first kappa shape index (κ1) is 12.9. The number of hydrogen-bond donors (Lipinski definition) is 0. The minimum Gasteiger partial charge on any atom is -0.463 e. The number of esters is 1. The zero-order valence-electron chi connectivity index (χ0n) is 9.61. The Balaban J connectivity index is 2.02. The van der Waals surface area contributed by atoms with Gasteiger partial charge in [0.05, 0.1) is 12.7 Å². The Bertz CT molecular complexity index is 270. The maximum Gasteiger partial charge on any atom is 0.313 e. The number of carbonyl (C=O) groups is 2. The van der Waals surface area contributed by atoms with Crippen molar-refractivity contribution in [2.45, 2.75) is 38.7 Å². The van der Waals surface area contributed by atoms with Crippen molar-refractivity contribution in [2.24, 2.45) is 0 Å². The maximum atomic E-state index is 11.0. The second-order valence-corrected chi connectivity index (χ2v) is 3.87. The second kappa shape index (κ2) is 7.17. The SMILES string of the molecule is CC(=O)CC(=O)OCCOC1C=CCCC1. The van der Waals surface area contributed by atoms with Crippen molar-refractivity contribution in [3.63, 3.8) is 0 Å². The summed E-state index contributed by atoms with van der Waals surface area (Å²) in [6.07, 6.45) is 7.44. The quantitative estimate of drug-likeness (QED) is 0.299. The van der Waals surface area contributed by atoms with Crippen LogP contribution >= 0.6 is 0 Å². The molecule has 0 aliphatic heterocycles. The summed E-state index contributed by atoms with van der Waals surface area (Å²) in [7, 11) is 0. The van der Waals surface area contributed by atoms with Crippen LogP contribution in [0.5, 0.6) is 0 Å². The van der Waals surface area contributed by atoms with Crippen LogP contribution in [0.1, 0.15) is 32.6 Å². The Labute approximate surface area is 95.6 Å². The Kier molecular flexibility index (Phi) is 5.78. The normalized spacial score (nSPS) is 19.4. The molecular weight excluding hydrogens is 208 g/mol. The molecule has 0 aromatic carbocycles. The lowest BCUT2D eigenvalue weighted by Crippen LogP contribution is -2.18. The average molecular weight is 226 g/mol. The standard InChI is InChI=1S/C12H18O4/c1-10(13)9-12(14)16-8-7-15-11-5-3-2-4-6-11/h3,5,11H,2,4,6-9H2,1H3. The van der Waals surface area contributed by atoms with Gasteiger partial charge < -0.3 is 9.47 Å². The van der Waals surface area contributed by atoms with Crippen molar-refractivity contribution < 1.29 is 19.1 Å². The van der Waals surface area contributed by atoms with Gasteiger partial charge in [0.2, 0.25) is 0 Å². The smallest absolute Gasteiger partial charge is 0.313 e. The Hall–Kier alpha value is -1.16. The largest absolute Gasteiger partial charge is 0.463 e. The molecule has 1 rings (SSSR count). The maximum absolute atomic E-state index is 11.0. The van der Waals surface area contributed by atoms with Crippen LogP contribution in [-0.2, 0) is 19.1 Å². The first-order valence-electron chi connectivity index (χ1n) is 5.62. The number of hydrogen-bond acceptors (Lipinski definition) is 4. The highest BCUT2D eigenvalue weighted by Crippen LogP contribution is 2.13. The van der Waals surface area contributed by atoms with Gasteiger partial charge in [0.1, 0.15) is 18.8 Å². The molecule has 0 N–H and O–H groups in total. The van der Waals surface area contributed by atoms with Crippen LogP contribution in [0.2, 0.25) is 0 Å². The Morgan fingerprint density at radius 2 is 2.19 bits per heavy atom. The molecule has 0 heterocycles. The van der Waals surface area contributed by atoms with Gasteiger partial charge in [0.15, 0.2) is 0 Å². The van der Waals surface area contributed by atoms with Crippen LogP contribution in [0.4, 0.5) is 0 Å². The molecule has 1 aliphatic carbocycles. The number of carbonyl (C=O) groups excluding carboxylic acids is 2. The molecule has 0 amide bonds. The monoisotopic (exact) mass is 226 g/mol. The lowest BCUT2D eigenvalue weighted by atomic mass is 10.1. The van der Waals surface area contributed by atoms with E-state index in [0.29, 0.717) is 6.61 Å². The van der Waals surface area contributed by atoms with E-state index in [1.807, 2.05) is 6.08 Å². The molecule has 0 aromatic heterocycles. The highest BCUT2D eigenvalue weighted by atomic mass is 16.6. The van der Waals surface area contributed by atoms with Crippen LogP contribution in [-0.4, -0.2) is 31.1 Å². The molecule has 0 aromatic rings. The molecule has 0 radical (unpaired) electrons. The van der Waals surface area contributed by atoms with Gasteiger partial charge in [-0.25, -0.2) is 0 Å². The first-order valence-corrected chi connectivity index (χ1v) is 5.62. The number of allylic oxidation sites excluding steroid dienone is 1. The Morgan fingerprint density at radius 1 is 1.38 bits per heavy atom. The van der Waals surface area contributed by atoms with E-state index in [4.69, 9.17) is 9.47 Å². The molecule has 4 nitrogen and oxygen atoms in total. The number of Topliss-reactive ketones (excluding diaryl/α,β-unsaturated/α-hetero) is 1. The zero-order chi connectivity index (χ0) is 11.8. The van der Waals surface area contributed by atoms with Gasteiger partial charge >= 0.3 is 5.97 Å². The number of ketones is 1. The minimum absolute atomic E-state index is 0.149. The topological polar surface area (TPSA) is 52.6 Å². The van der Waals surface area contributed by atoms with E-state index in [-0.39, 0.29) is 24.9 Å². The number of ether oxygens (including phenoxy) is 2. The summed E-state index contributed by atoms with van der Waals surface area (Å²) in [4.78, 5) is 21.6. The minimum atomic E-state index is -0.477. The third-order valence-corrected chi connectivity index (χ3v) is 2.28. The van der Waals surface area contributed by atoms with Crippen molar-refractivity contribution in [1.29, 1.82) is 0 Å². The predicted octanol–water partition coefficient (Wildman–Crippen LogP) is 1.63. The molecule has 4 heteroatoms. The summed E-state index contributed by atoms with van der Waals surface area (Å²) >= 11 is 0. The van der Waals surface area contributed by atoms with E-state index in [1.165, 1.54) is 6.92 Å². The molecule has 1 atom stereocenters. The van der Waals surface area contributed by atoms with Gasteiger partial charge in [-0.1, -0.05) is 12.2 Å². The van der Waals surface area contributed by atoms with E-state index in [9.17, 15) is 9.59 Å². The van der Waals surface area contributed by atoms with E-state index in [2.05, 4.69) is 6.08 Å². The van der Waals surface area contributed by atoms with Crippen molar-refractivity contribution in [3.05, 3.63) is 12.2 Å². The first-order chi connectivity index (χ1) is 7.68. The van der Waals surface area contributed by atoms with Gasteiger partial charge in [-0.15, -0.1) is 0 Å². The van der Waals surface area contributed by atoms with Gasteiger partial charge in [0.25, 0.3) is 0 Å². The van der Waals surface area contributed by atoms with Crippen molar-refractivity contribution >= 4 is 11.8 Å². The van der Waals surface area contributed by atoms with E-state index in [0.717, 1.165) is 19.3 Å². The molecule has 16 heavy (non-hydrogen) atoms. The van der Waals surface area contributed by atoms with E-state index < -0.39 is 5.97 Å². The van der Waals surface area contributed by atoms with Crippen molar-refractivity contribution in [2.75, 3.05) is 13.2 Å². The van der Waals surface area contributed by atoms with Gasteiger partial charge in [0, 0.05) is 0 Å². The molecule has 0 saturated heterocycles. The third kappa shape index (κ3) is 5.66. The second-order valence-electron chi connectivity index (χ2n) is 3.87. The molecule has 0 bridgehead atoms. The summed E-state index contributed by atoms with van der Waals surface area (Å²) in [5.74, 6) is -0.656. The average Bonchev–Trinajstić information content (AvgIpc) is 2.25. The summed E-state index contributed by atoms with van der Waals surface area (Å²) in [5, 5.41) is 0. The van der Waals surface area contributed by atoms with Gasteiger partial charge in [-0.3, -0.25) is 9.59 Å². The van der Waals surface area contributed by atoms with Crippen LogP contribution in [0.15, 0.2) is 12.2 Å². The molecule has 0 saturated carbocycles. The van der Waals surface area contributed by atoms with E-state index in [1.54, 1.807) is 0 Å². The number of rotatable bonds is 6.